The van der Waals surface area contributed by atoms with Gasteiger partial charge in [-0.3, -0.25) is 0 Å². The molecular formula is C16H32BrFO7. The molecule has 0 rings (SSSR count). The molecule has 0 aromatic heterocycles. The molecular weight excluding hydrogens is 403 g/mol. The highest BCUT2D eigenvalue weighted by atomic mass is 79.9. The molecule has 0 bridgehead atoms. The fourth-order valence-electron chi connectivity index (χ4n) is 1.53. The van der Waals surface area contributed by atoms with Gasteiger partial charge in [0.1, 0.15) is 6.67 Å². The summed E-state index contributed by atoms with van der Waals surface area (Å²) in [4.78, 5) is 0. The van der Waals surface area contributed by atoms with E-state index in [1.54, 1.807) is 0 Å². The predicted octanol–water partition coefficient (Wildman–Crippen LogP) is 1.47. The van der Waals surface area contributed by atoms with Gasteiger partial charge in [0.15, 0.2) is 0 Å². The lowest BCUT2D eigenvalue weighted by Gasteiger charge is -2.08. The Morgan fingerprint density at radius 1 is 0.400 bits per heavy atom. The van der Waals surface area contributed by atoms with Crippen molar-refractivity contribution in [1.82, 2.24) is 0 Å². The first-order chi connectivity index (χ1) is 12.4. The van der Waals surface area contributed by atoms with E-state index in [9.17, 15) is 4.39 Å². The maximum atomic E-state index is 11.7. The minimum atomic E-state index is -0.463. The Kier molecular flexibility index (Phi) is 24.3. The van der Waals surface area contributed by atoms with Gasteiger partial charge in [-0.2, -0.15) is 0 Å². The van der Waals surface area contributed by atoms with Gasteiger partial charge in [0.25, 0.3) is 0 Å². The Bertz CT molecular complexity index is 219. The molecule has 152 valence electrons. The van der Waals surface area contributed by atoms with Gasteiger partial charge in [0.2, 0.25) is 0 Å². The zero-order valence-electron chi connectivity index (χ0n) is 14.9. The van der Waals surface area contributed by atoms with Crippen LogP contribution in [0.5, 0.6) is 0 Å². The van der Waals surface area contributed by atoms with Crippen molar-refractivity contribution in [2.45, 2.75) is 0 Å². The molecule has 0 aliphatic carbocycles. The number of alkyl halides is 2. The Hall–Kier alpha value is 0.130. The molecule has 25 heavy (non-hydrogen) atoms. The fourth-order valence-corrected chi connectivity index (χ4v) is 1.76. The van der Waals surface area contributed by atoms with E-state index in [1.807, 2.05) is 0 Å². The molecule has 0 saturated heterocycles. The van der Waals surface area contributed by atoms with E-state index in [0.29, 0.717) is 85.9 Å². The van der Waals surface area contributed by atoms with Crippen LogP contribution in [-0.4, -0.2) is 105 Å². The Morgan fingerprint density at radius 3 is 0.880 bits per heavy atom. The molecule has 0 aromatic carbocycles. The van der Waals surface area contributed by atoms with Crippen molar-refractivity contribution >= 4 is 15.9 Å². The third kappa shape index (κ3) is 24.1. The van der Waals surface area contributed by atoms with Crippen molar-refractivity contribution in [2.24, 2.45) is 0 Å². The zero-order valence-corrected chi connectivity index (χ0v) is 16.5. The van der Waals surface area contributed by atoms with Crippen LogP contribution in [0.25, 0.3) is 0 Å². The maximum absolute atomic E-state index is 11.7. The molecule has 0 aromatic rings. The first-order valence-electron chi connectivity index (χ1n) is 8.58. The van der Waals surface area contributed by atoms with Crippen LogP contribution in [-0.2, 0) is 33.2 Å². The van der Waals surface area contributed by atoms with E-state index in [2.05, 4.69) is 15.9 Å². The number of ether oxygens (including phenoxy) is 7. The number of hydrogen-bond acceptors (Lipinski definition) is 7. The van der Waals surface area contributed by atoms with Gasteiger partial charge < -0.3 is 33.2 Å². The quantitative estimate of drug-likeness (QED) is 0.189. The van der Waals surface area contributed by atoms with Crippen LogP contribution in [0.2, 0.25) is 0 Å². The lowest BCUT2D eigenvalue weighted by Crippen LogP contribution is -2.14. The lowest BCUT2D eigenvalue weighted by molar-refractivity contribution is -0.0203. The highest BCUT2D eigenvalue weighted by Crippen LogP contribution is 1.86. The molecule has 0 spiro atoms. The SMILES string of the molecule is FCCOCCOCCOCCOCCOCCOCCOCCBr. The van der Waals surface area contributed by atoms with E-state index in [0.717, 1.165) is 5.33 Å². The largest absolute Gasteiger partial charge is 0.378 e. The second kappa shape index (κ2) is 24.1. The summed E-state index contributed by atoms with van der Waals surface area (Å²) in [7, 11) is 0. The molecule has 0 atom stereocenters. The van der Waals surface area contributed by atoms with E-state index in [-0.39, 0.29) is 6.61 Å². The van der Waals surface area contributed by atoms with Crippen molar-refractivity contribution in [3.8, 4) is 0 Å². The molecule has 0 unspecified atom stereocenters. The minimum Gasteiger partial charge on any atom is -0.378 e. The van der Waals surface area contributed by atoms with Crippen LogP contribution in [0.1, 0.15) is 0 Å². The summed E-state index contributed by atoms with van der Waals surface area (Å²) in [6.45, 7) is 6.58. The molecule has 0 heterocycles. The number of rotatable bonds is 22. The summed E-state index contributed by atoms with van der Waals surface area (Å²) >= 11 is 3.28. The molecule has 0 aliphatic heterocycles. The first kappa shape index (κ1) is 25.1. The summed E-state index contributed by atoms with van der Waals surface area (Å²) in [5.41, 5.74) is 0. The molecule has 7 nitrogen and oxygen atoms in total. The average Bonchev–Trinajstić information content (AvgIpc) is 2.63. The molecule has 0 N–H and O–H groups in total. The number of halogens is 2. The summed E-state index contributed by atoms with van der Waals surface area (Å²) in [5, 5.41) is 0.840. The molecule has 0 saturated carbocycles. The van der Waals surface area contributed by atoms with E-state index >= 15 is 0 Å². The molecule has 9 heteroatoms. The van der Waals surface area contributed by atoms with Crippen LogP contribution >= 0.6 is 15.9 Å². The third-order valence-corrected chi connectivity index (χ3v) is 3.00. The second-order valence-electron chi connectivity index (χ2n) is 4.66. The average molecular weight is 435 g/mol. The normalized spacial score (nSPS) is 11.3. The van der Waals surface area contributed by atoms with E-state index < -0.39 is 6.67 Å². The third-order valence-electron chi connectivity index (χ3n) is 2.68. The van der Waals surface area contributed by atoms with E-state index in [1.165, 1.54) is 0 Å². The van der Waals surface area contributed by atoms with Crippen molar-refractivity contribution < 1.29 is 37.5 Å². The minimum absolute atomic E-state index is 0.126. The summed E-state index contributed by atoms with van der Waals surface area (Å²) in [6, 6.07) is 0. The highest BCUT2D eigenvalue weighted by molar-refractivity contribution is 9.09. The molecule has 0 radical (unpaired) electrons. The smallest absolute Gasteiger partial charge is 0.113 e. The molecule has 0 amide bonds. The van der Waals surface area contributed by atoms with Gasteiger partial charge in [0, 0.05) is 5.33 Å². The van der Waals surface area contributed by atoms with Crippen LogP contribution in [0.4, 0.5) is 4.39 Å². The van der Waals surface area contributed by atoms with Crippen LogP contribution < -0.4 is 0 Å². The zero-order chi connectivity index (χ0) is 18.3. The maximum Gasteiger partial charge on any atom is 0.113 e. The Balaban J connectivity index is 2.94. The van der Waals surface area contributed by atoms with Gasteiger partial charge >= 0.3 is 0 Å². The van der Waals surface area contributed by atoms with Crippen molar-refractivity contribution in [2.75, 3.05) is 105 Å². The Labute approximate surface area is 158 Å². The number of hydrogen-bond donors (Lipinski definition) is 0. The van der Waals surface area contributed by atoms with Gasteiger partial charge in [-0.25, -0.2) is 4.39 Å². The summed E-state index contributed by atoms with van der Waals surface area (Å²) in [6.07, 6.45) is 0. The predicted molar refractivity (Wildman–Crippen MR) is 95.5 cm³/mol. The van der Waals surface area contributed by atoms with Crippen molar-refractivity contribution in [1.29, 1.82) is 0 Å². The van der Waals surface area contributed by atoms with Gasteiger partial charge in [-0.05, 0) is 0 Å². The van der Waals surface area contributed by atoms with Crippen LogP contribution in [0, 0.1) is 0 Å². The monoisotopic (exact) mass is 434 g/mol. The first-order valence-corrected chi connectivity index (χ1v) is 9.70. The molecule has 0 aliphatic rings. The summed E-state index contributed by atoms with van der Waals surface area (Å²) < 4.78 is 48.5. The van der Waals surface area contributed by atoms with E-state index in [4.69, 9.17) is 33.2 Å². The Morgan fingerprint density at radius 2 is 0.640 bits per heavy atom. The van der Waals surface area contributed by atoms with Crippen molar-refractivity contribution in [3.63, 3.8) is 0 Å². The standard InChI is InChI=1S/C16H32BrFO7/c17-1-3-19-5-7-21-9-11-23-13-15-25-16-14-24-12-10-22-8-6-20-4-2-18/h1-16H2. The van der Waals surface area contributed by atoms with Gasteiger partial charge in [0.05, 0.1) is 92.5 Å². The highest BCUT2D eigenvalue weighted by Gasteiger charge is 1.94. The topological polar surface area (TPSA) is 64.6 Å². The summed E-state index contributed by atoms with van der Waals surface area (Å²) in [5.74, 6) is 0. The molecule has 0 fully saturated rings. The van der Waals surface area contributed by atoms with Crippen LogP contribution in [0.3, 0.4) is 0 Å². The van der Waals surface area contributed by atoms with Crippen molar-refractivity contribution in [3.05, 3.63) is 0 Å². The second-order valence-corrected chi connectivity index (χ2v) is 5.46. The van der Waals surface area contributed by atoms with Crippen LogP contribution in [0.15, 0.2) is 0 Å². The van der Waals surface area contributed by atoms with Gasteiger partial charge in [-0.15, -0.1) is 0 Å². The fraction of sp³-hybridized carbons (Fsp3) is 1.00. The van der Waals surface area contributed by atoms with Gasteiger partial charge in [-0.1, -0.05) is 15.9 Å². The lowest BCUT2D eigenvalue weighted by atomic mass is 10.6.